The van der Waals surface area contributed by atoms with Crippen molar-refractivity contribution in [1.29, 1.82) is 0 Å². The summed E-state index contributed by atoms with van der Waals surface area (Å²) < 4.78 is 0. The first kappa shape index (κ1) is 9.77. The lowest BCUT2D eigenvalue weighted by molar-refractivity contribution is 0.477. The number of benzene rings is 1. The summed E-state index contributed by atoms with van der Waals surface area (Å²) in [5.74, 6) is 0.618. The lowest BCUT2D eigenvalue weighted by atomic mass is 9.95. The fourth-order valence-electron chi connectivity index (χ4n) is 1.71. The van der Waals surface area contributed by atoms with Crippen LogP contribution in [0, 0.1) is 0 Å². The summed E-state index contributed by atoms with van der Waals surface area (Å²) in [6.45, 7) is 4.26. The number of nitrogens with zero attached hydrogens (tertiary/aromatic N) is 1. The molecular weight excluding hydrogens is 188 g/mol. The molecule has 3 nitrogen and oxygen atoms in total. The Morgan fingerprint density at radius 1 is 1.27 bits per heavy atom. The first-order chi connectivity index (χ1) is 7.20. The van der Waals surface area contributed by atoms with Crippen LogP contribution >= 0.6 is 0 Å². The molecule has 0 unspecified atom stereocenters. The highest BCUT2D eigenvalue weighted by Crippen LogP contribution is 2.32. The summed E-state index contributed by atoms with van der Waals surface area (Å²) in [6, 6.07) is 8.02. The second-order valence-corrected chi connectivity index (χ2v) is 3.87. The van der Waals surface area contributed by atoms with Gasteiger partial charge in [-0.2, -0.15) is 5.10 Å². The number of aromatic hydroxyl groups is 1. The normalized spacial score (nSPS) is 10.9. The fraction of sp³-hybridized carbons (Fsp3) is 0.250. The van der Waals surface area contributed by atoms with Crippen molar-refractivity contribution in [2.24, 2.45) is 0 Å². The van der Waals surface area contributed by atoms with E-state index in [0.29, 0.717) is 11.6 Å². The van der Waals surface area contributed by atoms with Crippen molar-refractivity contribution in [3.63, 3.8) is 0 Å². The van der Waals surface area contributed by atoms with Crippen molar-refractivity contribution in [1.82, 2.24) is 10.2 Å². The number of H-pyrrole nitrogens is 1. The van der Waals surface area contributed by atoms with E-state index in [4.69, 9.17) is 0 Å². The summed E-state index contributed by atoms with van der Waals surface area (Å²) >= 11 is 0. The minimum Gasteiger partial charge on any atom is -0.504 e. The van der Waals surface area contributed by atoms with Gasteiger partial charge in [-0.05, 0) is 11.5 Å². The van der Waals surface area contributed by atoms with Gasteiger partial charge in [0.05, 0.1) is 6.20 Å². The quantitative estimate of drug-likeness (QED) is 0.786. The van der Waals surface area contributed by atoms with Crippen LogP contribution in [0.15, 0.2) is 30.5 Å². The maximum absolute atomic E-state index is 9.62. The molecule has 0 saturated carbocycles. The Morgan fingerprint density at radius 2 is 2.00 bits per heavy atom. The molecule has 2 N–H and O–H groups in total. The number of nitrogens with one attached hydrogen (secondary N) is 1. The van der Waals surface area contributed by atoms with Crippen molar-refractivity contribution >= 4 is 0 Å². The monoisotopic (exact) mass is 202 g/mol. The number of aromatic nitrogens is 2. The molecule has 3 heteroatoms. The molecule has 0 saturated heterocycles. The Bertz CT molecular complexity index is 460. The average molecular weight is 202 g/mol. The summed E-state index contributed by atoms with van der Waals surface area (Å²) in [5, 5.41) is 16.3. The van der Waals surface area contributed by atoms with Gasteiger partial charge in [0, 0.05) is 5.56 Å². The summed E-state index contributed by atoms with van der Waals surface area (Å²) in [4.78, 5) is 0. The maximum atomic E-state index is 9.62. The predicted octanol–water partition coefficient (Wildman–Crippen LogP) is 2.91. The third kappa shape index (κ3) is 1.73. The lowest BCUT2D eigenvalue weighted by Crippen LogP contribution is -1.92. The van der Waals surface area contributed by atoms with E-state index >= 15 is 0 Å². The number of aromatic amines is 1. The Labute approximate surface area is 88.8 Å². The minimum atomic E-state index is 0.197. The first-order valence-corrected chi connectivity index (χ1v) is 5.01. The Hall–Kier alpha value is -1.77. The molecule has 0 fully saturated rings. The van der Waals surface area contributed by atoms with Gasteiger partial charge < -0.3 is 5.11 Å². The Balaban J connectivity index is 2.58. The van der Waals surface area contributed by atoms with Gasteiger partial charge in [0.1, 0.15) is 5.69 Å². The molecule has 0 aliphatic rings. The van der Waals surface area contributed by atoms with Crippen molar-refractivity contribution < 1.29 is 5.11 Å². The van der Waals surface area contributed by atoms with Gasteiger partial charge in [-0.1, -0.05) is 38.1 Å². The predicted molar refractivity (Wildman–Crippen MR) is 59.8 cm³/mol. The standard InChI is InChI=1S/C12H14N2O/c1-8(2)9-5-3-4-6-10(9)12-11(15)7-13-14-12/h3-8,15H,1-2H3,(H,13,14). The summed E-state index contributed by atoms with van der Waals surface area (Å²) in [6.07, 6.45) is 1.42. The van der Waals surface area contributed by atoms with Crippen molar-refractivity contribution in [3.8, 4) is 17.0 Å². The third-order valence-electron chi connectivity index (χ3n) is 2.47. The SMILES string of the molecule is CC(C)c1ccccc1-c1[nH]ncc1O. The van der Waals surface area contributed by atoms with Crippen molar-refractivity contribution in [3.05, 3.63) is 36.0 Å². The van der Waals surface area contributed by atoms with Gasteiger partial charge in [-0.25, -0.2) is 0 Å². The van der Waals surface area contributed by atoms with Crippen LogP contribution in [0.3, 0.4) is 0 Å². The van der Waals surface area contributed by atoms with E-state index in [-0.39, 0.29) is 5.75 Å². The molecule has 15 heavy (non-hydrogen) atoms. The van der Waals surface area contributed by atoms with Gasteiger partial charge in [0.25, 0.3) is 0 Å². The molecule has 0 aliphatic carbocycles. The number of rotatable bonds is 2. The van der Waals surface area contributed by atoms with Gasteiger partial charge >= 0.3 is 0 Å². The van der Waals surface area contributed by atoms with Crippen LogP contribution in [0.1, 0.15) is 25.3 Å². The molecule has 0 amide bonds. The van der Waals surface area contributed by atoms with Gasteiger partial charge in [-0.15, -0.1) is 0 Å². The van der Waals surface area contributed by atoms with E-state index in [2.05, 4.69) is 30.1 Å². The highest BCUT2D eigenvalue weighted by atomic mass is 16.3. The minimum absolute atomic E-state index is 0.197. The van der Waals surface area contributed by atoms with Crippen LogP contribution in [0.2, 0.25) is 0 Å². The zero-order valence-electron chi connectivity index (χ0n) is 8.86. The molecule has 1 aromatic heterocycles. The average Bonchev–Trinajstić information content (AvgIpc) is 2.64. The van der Waals surface area contributed by atoms with Crippen molar-refractivity contribution in [2.45, 2.75) is 19.8 Å². The third-order valence-corrected chi connectivity index (χ3v) is 2.47. The molecule has 0 aliphatic heterocycles. The summed E-state index contributed by atoms with van der Waals surface area (Å²) in [5.41, 5.74) is 2.92. The highest BCUT2D eigenvalue weighted by Gasteiger charge is 2.12. The van der Waals surface area contributed by atoms with Gasteiger partial charge in [0.2, 0.25) is 0 Å². The summed E-state index contributed by atoms with van der Waals surface area (Å²) in [7, 11) is 0. The molecule has 2 rings (SSSR count). The smallest absolute Gasteiger partial charge is 0.161 e. The molecular formula is C12H14N2O. The van der Waals surface area contributed by atoms with Gasteiger partial charge in [-0.3, -0.25) is 5.10 Å². The maximum Gasteiger partial charge on any atom is 0.161 e. The number of hydrogen-bond acceptors (Lipinski definition) is 2. The fourth-order valence-corrected chi connectivity index (χ4v) is 1.71. The molecule has 0 spiro atoms. The Morgan fingerprint density at radius 3 is 2.60 bits per heavy atom. The van der Waals surface area contributed by atoms with Crippen LogP contribution in [0.4, 0.5) is 0 Å². The second-order valence-electron chi connectivity index (χ2n) is 3.87. The van der Waals surface area contributed by atoms with Crippen LogP contribution in [-0.4, -0.2) is 15.3 Å². The topological polar surface area (TPSA) is 48.9 Å². The molecule has 1 aromatic carbocycles. The highest BCUT2D eigenvalue weighted by molar-refractivity contribution is 5.69. The molecule has 0 radical (unpaired) electrons. The zero-order chi connectivity index (χ0) is 10.8. The molecule has 78 valence electrons. The zero-order valence-corrected chi connectivity index (χ0v) is 8.86. The second kappa shape index (κ2) is 3.77. The first-order valence-electron chi connectivity index (χ1n) is 5.01. The lowest BCUT2D eigenvalue weighted by Gasteiger charge is -2.11. The van der Waals surface area contributed by atoms with Crippen LogP contribution in [0.25, 0.3) is 11.3 Å². The molecule has 2 aromatic rings. The van der Waals surface area contributed by atoms with E-state index in [0.717, 1.165) is 5.56 Å². The van der Waals surface area contributed by atoms with Crippen LogP contribution in [0.5, 0.6) is 5.75 Å². The van der Waals surface area contributed by atoms with E-state index in [1.807, 2.05) is 18.2 Å². The molecule has 1 heterocycles. The Kier molecular flexibility index (Phi) is 2.46. The van der Waals surface area contributed by atoms with E-state index in [9.17, 15) is 5.11 Å². The van der Waals surface area contributed by atoms with E-state index in [1.54, 1.807) is 0 Å². The van der Waals surface area contributed by atoms with Crippen LogP contribution in [-0.2, 0) is 0 Å². The number of hydrogen-bond donors (Lipinski definition) is 2. The van der Waals surface area contributed by atoms with E-state index < -0.39 is 0 Å². The van der Waals surface area contributed by atoms with Crippen molar-refractivity contribution in [2.75, 3.05) is 0 Å². The molecule has 0 atom stereocenters. The van der Waals surface area contributed by atoms with E-state index in [1.165, 1.54) is 11.8 Å². The largest absolute Gasteiger partial charge is 0.504 e. The molecule has 0 bridgehead atoms. The van der Waals surface area contributed by atoms with Gasteiger partial charge in [0.15, 0.2) is 5.75 Å². The van der Waals surface area contributed by atoms with Crippen LogP contribution < -0.4 is 0 Å².